The van der Waals surface area contributed by atoms with Crippen molar-refractivity contribution in [3.8, 4) is 0 Å². The molecular formula is C17H26N2O. The molecule has 20 heavy (non-hydrogen) atoms. The van der Waals surface area contributed by atoms with Crippen LogP contribution < -0.4 is 11.1 Å². The van der Waals surface area contributed by atoms with Gasteiger partial charge in [-0.1, -0.05) is 30.3 Å². The van der Waals surface area contributed by atoms with E-state index >= 15 is 0 Å². The topological polar surface area (TPSA) is 55.1 Å². The fraction of sp³-hybridized carbons (Fsp3) is 0.588. The van der Waals surface area contributed by atoms with E-state index in [0.717, 1.165) is 32.1 Å². The van der Waals surface area contributed by atoms with Crippen LogP contribution in [0.25, 0.3) is 0 Å². The molecule has 0 aromatic heterocycles. The van der Waals surface area contributed by atoms with Crippen LogP contribution in [0.1, 0.15) is 51.5 Å². The lowest BCUT2D eigenvalue weighted by molar-refractivity contribution is -0.124. The first kappa shape index (κ1) is 15.0. The zero-order valence-corrected chi connectivity index (χ0v) is 12.6. The fourth-order valence-corrected chi connectivity index (χ4v) is 2.71. The van der Waals surface area contributed by atoms with E-state index in [1.54, 1.807) is 0 Å². The van der Waals surface area contributed by atoms with Crippen molar-refractivity contribution in [3.63, 3.8) is 0 Å². The van der Waals surface area contributed by atoms with Crippen LogP contribution in [0.2, 0.25) is 0 Å². The Morgan fingerprint density at radius 2 is 1.95 bits per heavy atom. The summed E-state index contributed by atoms with van der Waals surface area (Å²) in [7, 11) is 0. The molecule has 3 N–H and O–H groups in total. The number of benzene rings is 1. The smallest absolute Gasteiger partial charge is 0.222 e. The average Bonchev–Trinajstić information content (AvgIpc) is 2.35. The molecule has 0 spiro atoms. The number of hydrogen-bond acceptors (Lipinski definition) is 2. The molecule has 1 aromatic carbocycles. The maximum atomic E-state index is 12.1. The lowest BCUT2D eigenvalue weighted by atomic mass is 9.75. The highest BCUT2D eigenvalue weighted by Crippen LogP contribution is 2.32. The van der Waals surface area contributed by atoms with Crippen molar-refractivity contribution in [3.05, 3.63) is 35.9 Å². The number of nitrogens with two attached hydrogens (primary N) is 1. The number of rotatable bonds is 6. The molecule has 1 aromatic rings. The highest BCUT2D eigenvalue weighted by atomic mass is 16.1. The molecule has 1 saturated carbocycles. The van der Waals surface area contributed by atoms with Crippen LogP contribution in [0, 0.1) is 0 Å². The lowest BCUT2D eigenvalue weighted by Crippen LogP contribution is -2.53. The van der Waals surface area contributed by atoms with E-state index in [0.29, 0.717) is 6.42 Å². The van der Waals surface area contributed by atoms with E-state index < -0.39 is 0 Å². The molecule has 0 heterocycles. The lowest BCUT2D eigenvalue weighted by Gasteiger charge is -2.38. The first-order valence-electron chi connectivity index (χ1n) is 7.52. The zero-order chi connectivity index (χ0) is 14.6. The van der Waals surface area contributed by atoms with Gasteiger partial charge in [-0.25, -0.2) is 0 Å². The average molecular weight is 274 g/mol. The van der Waals surface area contributed by atoms with Crippen LogP contribution >= 0.6 is 0 Å². The number of aryl methyl sites for hydroxylation is 1. The summed E-state index contributed by atoms with van der Waals surface area (Å²) in [5.41, 5.74) is 7.01. The Balaban J connectivity index is 1.79. The van der Waals surface area contributed by atoms with Gasteiger partial charge in [-0.05, 0) is 51.5 Å². The molecule has 0 unspecified atom stereocenters. The van der Waals surface area contributed by atoms with Gasteiger partial charge in [0, 0.05) is 17.5 Å². The summed E-state index contributed by atoms with van der Waals surface area (Å²) in [4.78, 5) is 12.1. The molecule has 1 aliphatic carbocycles. The van der Waals surface area contributed by atoms with Gasteiger partial charge in [0.15, 0.2) is 0 Å². The molecule has 0 atom stereocenters. The summed E-state index contributed by atoms with van der Waals surface area (Å²) in [5.74, 6) is 0.0882. The van der Waals surface area contributed by atoms with Crippen LogP contribution in [-0.2, 0) is 11.2 Å². The highest BCUT2D eigenvalue weighted by molar-refractivity contribution is 5.78. The SMILES string of the molecule is CC(C)(CCc1ccccc1)NC(=O)CC1(N)CCC1. The van der Waals surface area contributed by atoms with Crippen molar-refractivity contribution in [1.29, 1.82) is 0 Å². The molecule has 0 aliphatic heterocycles. The molecule has 3 heteroatoms. The van der Waals surface area contributed by atoms with E-state index in [1.807, 2.05) is 6.07 Å². The van der Waals surface area contributed by atoms with Crippen molar-refractivity contribution in [2.75, 3.05) is 0 Å². The third-order valence-corrected chi connectivity index (χ3v) is 4.22. The molecule has 0 bridgehead atoms. The maximum absolute atomic E-state index is 12.1. The standard InChI is InChI=1S/C17H26N2O/c1-16(2,12-9-14-7-4-3-5-8-14)19-15(20)13-17(18)10-6-11-17/h3-5,7-8H,6,9-13,18H2,1-2H3,(H,19,20). The van der Waals surface area contributed by atoms with Gasteiger partial charge in [0.25, 0.3) is 0 Å². The van der Waals surface area contributed by atoms with Gasteiger partial charge in [0.2, 0.25) is 5.91 Å². The van der Waals surface area contributed by atoms with E-state index in [4.69, 9.17) is 5.73 Å². The van der Waals surface area contributed by atoms with Crippen molar-refractivity contribution < 1.29 is 4.79 Å². The second-order valence-corrected chi connectivity index (χ2v) is 6.81. The first-order valence-corrected chi connectivity index (χ1v) is 7.52. The molecule has 2 rings (SSSR count). The number of carbonyl (C=O) groups excluding carboxylic acids is 1. The summed E-state index contributed by atoms with van der Waals surface area (Å²) in [6, 6.07) is 10.4. The predicted molar refractivity (Wildman–Crippen MR) is 82.4 cm³/mol. The third-order valence-electron chi connectivity index (χ3n) is 4.22. The van der Waals surface area contributed by atoms with Crippen LogP contribution in [0.3, 0.4) is 0 Å². The Morgan fingerprint density at radius 3 is 2.50 bits per heavy atom. The summed E-state index contributed by atoms with van der Waals surface area (Å²) in [6.45, 7) is 4.16. The predicted octanol–water partition coefficient (Wildman–Crippen LogP) is 2.79. The van der Waals surface area contributed by atoms with Gasteiger partial charge < -0.3 is 11.1 Å². The van der Waals surface area contributed by atoms with Crippen LogP contribution in [-0.4, -0.2) is 17.0 Å². The summed E-state index contributed by atoms with van der Waals surface area (Å²) >= 11 is 0. The number of carbonyl (C=O) groups is 1. The quantitative estimate of drug-likeness (QED) is 0.838. The summed E-state index contributed by atoms with van der Waals surface area (Å²) in [6.07, 6.45) is 5.47. The number of amides is 1. The third kappa shape index (κ3) is 4.34. The number of nitrogens with one attached hydrogen (secondary N) is 1. The largest absolute Gasteiger partial charge is 0.351 e. The Bertz CT molecular complexity index is 449. The van der Waals surface area contributed by atoms with Gasteiger partial charge in [-0.2, -0.15) is 0 Å². The molecule has 1 fully saturated rings. The van der Waals surface area contributed by atoms with Crippen LogP contribution in [0.5, 0.6) is 0 Å². The second-order valence-electron chi connectivity index (χ2n) is 6.81. The monoisotopic (exact) mass is 274 g/mol. The molecule has 110 valence electrons. The molecular weight excluding hydrogens is 248 g/mol. The summed E-state index contributed by atoms with van der Waals surface area (Å²) < 4.78 is 0. The molecule has 0 saturated heterocycles. The Morgan fingerprint density at radius 1 is 1.30 bits per heavy atom. The van der Waals surface area contributed by atoms with Crippen LogP contribution in [0.4, 0.5) is 0 Å². The van der Waals surface area contributed by atoms with Gasteiger partial charge in [0.1, 0.15) is 0 Å². The molecule has 0 radical (unpaired) electrons. The minimum Gasteiger partial charge on any atom is -0.351 e. The Kier molecular flexibility index (Phi) is 4.48. The van der Waals surface area contributed by atoms with E-state index in [9.17, 15) is 4.79 Å². The maximum Gasteiger partial charge on any atom is 0.222 e. The van der Waals surface area contributed by atoms with Crippen molar-refractivity contribution >= 4 is 5.91 Å². The minimum atomic E-state index is -0.237. The fourth-order valence-electron chi connectivity index (χ4n) is 2.71. The van der Waals surface area contributed by atoms with Crippen molar-refractivity contribution in [1.82, 2.24) is 5.32 Å². The van der Waals surface area contributed by atoms with Gasteiger partial charge >= 0.3 is 0 Å². The first-order chi connectivity index (χ1) is 9.39. The van der Waals surface area contributed by atoms with Gasteiger partial charge in [-0.15, -0.1) is 0 Å². The van der Waals surface area contributed by atoms with E-state index in [1.165, 1.54) is 5.56 Å². The number of hydrogen-bond donors (Lipinski definition) is 2. The molecule has 1 aliphatic rings. The second kappa shape index (κ2) is 5.96. The van der Waals surface area contributed by atoms with E-state index in [-0.39, 0.29) is 17.0 Å². The van der Waals surface area contributed by atoms with E-state index in [2.05, 4.69) is 43.4 Å². The minimum absolute atomic E-state index is 0.0882. The Hall–Kier alpha value is -1.35. The molecule has 1 amide bonds. The van der Waals surface area contributed by atoms with Crippen LogP contribution in [0.15, 0.2) is 30.3 Å². The summed E-state index contributed by atoms with van der Waals surface area (Å²) in [5, 5.41) is 3.13. The Labute approximate surface area is 121 Å². The normalized spacial score (nSPS) is 17.4. The highest BCUT2D eigenvalue weighted by Gasteiger charge is 2.35. The van der Waals surface area contributed by atoms with Crippen molar-refractivity contribution in [2.45, 2.75) is 63.5 Å². The van der Waals surface area contributed by atoms with Gasteiger partial charge in [0.05, 0.1) is 0 Å². The van der Waals surface area contributed by atoms with Gasteiger partial charge in [-0.3, -0.25) is 4.79 Å². The zero-order valence-electron chi connectivity index (χ0n) is 12.6. The van der Waals surface area contributed by atoms with Crippen molar-refractivity contribution in [2.24, 2.45) is 5.73 Å². The molecule has 3 nitrogen and oxygen atoms in total.